The van der Waals surface area contributed by atoms with Crippen LogP contribution in [-0.4, -0.2) is 13.0 Å². The van der Waals surface area contributed by atoms with E-state index >= 15 is 0 Å². The van der Waals surface area contributed by atoms with Crippen LogP contribution in [-0.2, 0) is 15.6 Å². The van der Waals surface area contributed by atoms with Crippen molar-refractivity contribution in [2.75, 3.05) is 12.4 Å². The summed E-state index contributed by atoms with van der Waals surface area (Å²) in [6, 6.07) is 15.9. The van der Waals surface area contributed by atoms with Crippen molar-refractivity contribution >= 4 is 11.6 Å². The predicted octanol–water partition coefficient (Wildman–Crippen LogP) is 4.66. The van der Waals surface area contributed by atoms with Crippen LogP contribution in [0.4, 0.5) is 5.69 Å². The maximum Gasteiger partial charge on any atom is 0.235 e. The van der Waals surface area contributed by atoms with E-state index in [2.05, 4.69) is 32.2 Å². The maximum absolute atomic E-state index is 13.0. The number of anilines is 1. The van der Waals surface area contributed by atoms with Gasteiger partial charge in [0.25, 0.3) is 0 Å². The Bertz CT molecular complexity index is 737. The van der Waals surface area contributed by atoms with Crippen molar-refractivity contribution in [3.8, 4) is 5.75 Å². The van der Waals surface area contributed by atoms with Gasteiger partial charge in [0.2, 0.25) is 5.91 Å². The molecule has 0 aliphatic heterocycles. The van der Waals surface area contributed by atoms with Gasteiger partial charge in [-0.05, 0) is 47.6 Å². The molecule has 2 aromatic rings. The first-order chi connectivity index (χ1) is 11.4. The second kappa shape index (κ2) is 5.97. The van der Waals surface area contributed by atoms with Gasteiger partial charge in [0.15, 0.2) is 0 Å². The van der Waals surface area contributed by atoms with Gasteiger partial charge < -0.3 is 10.1 Å². The molecule has 24 heavy (non-hydrogen) atoms. The number of carbonyl (C=O) groups excluding carboxylic acids is 1. The van der Waals surface area contributed by atoms with Crippen molar-refractivity contribution in [2.45, 2.75) is 44.4 Å². The average Bonchev–Trinajstić information content (AvgIpc) is 3.36. The summed E-state index contributed by atoms with van der Waals surface area (Å²) < 4.78 is 5.21. The third-order valence-corrected chi connectivity index (χ3v) is 4.81. The summed E-state index contributed by atoms with van der Waals surface area (Å²) in [5.74, 6) is 0.900. The highest BCUT2D eigenvalue weighted by Gasteiger charge is 2.51. The van der Waals surface area contributed by atoms with Crippen LogP contribution in [0, 0.1) is 0 Å². The summed E-state index contributed by atoms with van der Waals surface area (Å²) in [6.45, 7) is 6.48. The summed E-state index contributed by atoms with van der Waals surface area (Å²) in [5, 5.41) is 3.18. The van der Waals surface area contributed by atoms with Gasteiger partial charge in [-0.15, -0.1) is 0 Å². The summed E-state index contributed by atoms with van der Waals surface area (Å²) in [4.78, 5) is 13.0. The van der Waals surface area contributed by atoms with E-state index in [-0.39, 0.29) is 11.3 Å². The molecule has 1 saturated carbocycles. The monoisotopic (exact) mass is 323 g/mol. The number of rotatable bonds is 4. The number of hydrogen-bond acceptors (Lipinski definition) is 2. The van der Waals surface area contributed by atoms with Crippen LogP contribution in [0.15, 0.2) is 48.5 Å². The Morgan fingerprint density at radius 3 is 2.21 bits per heavy atom. The molecule has 0 radical (unpaired) electrons. The molecule has 0 aromatic heterocycles. The molecule has 0 heterocycles. The minimum Gasteiger partial charge on any atom is -0.497 e. The molecule has 0 unspecified atom stereocenters. The normalized spacial score (nSPS) is 15.7. The molecule has 3 rings (SSSR count). The first-order valence-electron chi connectivity index (χ1n) is 8.42. The molecule has 1 amide bonds. The Hall–Kier alpha value is -2.29. The number of para-hydroxylation sites is 1. The van der Waals surface area contributed by atoms with E-state index in [0.29, 0.717) is 0 Å². The Labute approximate surface area is 144 Å². The standard InChI is InChI=1S/C21H25NO2/c1-20(2,3)17-7-5-6-8-18(17)22-19(23)21(13-14-21)15-9-11-16(24-4)12-10-15/h5-12H,13-14H2,1-4H3,(H,22,23). The second-order valence-corrected chi connectivity index (χ2v) is 7.56. The van der Waals surface area contributed by atoms with Crippen LogP contribution in [0.2, 0.25) is 0 Å². The van der Waals surface area contributed by atoms with Crippen LogP contribution >= 0.6 is 0 Å². The lowest BCUT2D eigenvalue weighted by Gasteiger charge is -2.24. The Kier molecular flexibility index (Phi) is 4.12. The van der Waals surface area contributed by atoms with Crippen LogP contribution in [0.25, 0.3) is 0 Å². The highest BCUT2D eigenvalue weighted by molar-refractivity contribution is 6.02. The van der Waals surface area contributed by atoms with Crippen molar-refractivity contribution in [1.29, 1.82) is 0 Å². The van der Waals surface area contributed by atoms with Gasteiger partial charge in [-0.1, -0.05) is 51.1 Å². The number of hydrogen-bond donors (Lipinski definition) is 1. The van der Waals surface area contributed by atoms with Crippen LogP contribution < -0.4 is 10.1 Å². The molecule has 0 spiro atoms. The lowest BCUT2D eigenvalue weighted by atomic mass is 9.85. The fourth-order valence-corrected chi connectivity index (χ4v) is 3.17. The zero-order valence-electron chi connectivity index (χ0n) is 14.8. The molecule has 0 atom stereocenters. The highest BCUT2D eigenvalue weighted by Crippen LogP contribution is 2.49. The third kappa shape index (κ3) is 3.03. The van der Waals surface area contributed by atoms with E-state index in [0.717, 1.165) is 35.4 Å². The van der Waals surface area contributed by atoms with E-state index in [1.807, 2.05) is 42.5 Å². The molecule has 3 heteroatoms. The SMILES string of the molecule is COc1ccc(C2(C(=O)Nc3ccccc3C(C)(C)C)CC2)cc1. The highest BCUT2D eigenvalue weighted by atomic mass is 16.5. The van der Waals surface area contributed by atoms with E-state index in [1.54, 1.807) is 7.11 Å². The van der Waals surface area contributed by atoms with Gasteiger partial charge in [0.05, 0.1) is 12.5 Å². The van der Waals surface area contributed by atoms with E-state index < -0.39 is 5.41 Å². The Balaban J connectivity index is 1.85. The summed E-state index contributed by atoms with van der Waals surface area (Å²) >= 11 is 0. The molecule has 1 aliphatic rings. The number of ether oxygens (including phenoxy) is 1. The third-order valence-electron chi connectivity index (χ3n) is 4.81. The number of carbonyl (C=O) groups is 1. The molecular formula is C21H25NO2. The number of amides is 1. The molecule has 0 saturated heterocycles. The van der Waals surface area contributed by atoms with Gasteiger partial charge >= 0.3 is 0 Å². The van der Waals surface area contributed by atoms with Gasteiger partial charge in [0.1, 0.15) is 5.75 Å². The molecule has 1 N–H and O–H groups in total. The van der Waals surface area contributed by atoms with Gasteiger partial charge in [0, 0.05) is 5.69 Å². The van der Waals surface area contributed by atoms with Crippen molar-refractivity contribution in [2.24, 2.45) is 0 Å². The molecule has 1 aliphatic carbocycles. The topological polar surface area (TPSA) is 38.3 Å². The summed E-state index contributed by atoms with van der Waals surface area (Å²) in [5.41, 5.74) is 2.73. The lowest BCUT2D eigenvalue weighted by Crippen LogP contribution is -2.29. The predicted molar refractivity (Wildman–Crippen MR) is 97.7 cm³/mol. The number of nitrogens with one attached hydrogen (secondary N) is 1. The molecule has 2 aromatic carbocycles. The summed E-state index contributed by atoms with van der Waals surface area (Å²) in [6.07, 6.45) is 1.78. The summed E-state index contributed by atoms with van der Waals surface area (Å²) in [7, 11) is 1.65. The minimum absolute atomic E-state index is 0.0132. The van der Waals surface area contributed by atoms with Crippen LogP contribution in [0.1, 0.15) is 44.7 Å². The van der Waals surface area contributed by atoms with Crippen molar-refractivity contribution in [1.82, 2.24) is 0 Å². The zero-order valence-corrected chi connectivity index (χ0v) is 14.8. The average molecular weight is 323 g/mol. The molecular weight excluding hydrogens is 298 g/mol. The fourth-order valence-electron chi connectivity index (χ4n) is 3.17. The molecule has 126 valence electrons. The van der Waals surface area contributed by atoms with Crippen molar-refractivity contribution < 1.29 is 9.53 Å². The van der Waals surface area contributed by atoms with Crippen molar-refractivity contribution in [3.05, 3.63) is 59.7 Å². The van der Waals surface area contributed by atoms with Crippen LogP contribution in [0.5, 0.6) is 5.75 Å². The maximum atomic E-state index is 13.0. The molecule has 1 fully saturated rings. The zero-order chi connectivity index (χ0) is 17.4. The molecule has 3 nitrogen and oxygen atoms in total. The minimum atomic E-state index is -0.392. The second-order valence-electron chi connectivity index (χ2n) is 7.56. The Morgan fingerprint density at radius 1 is 1.04 bits per heavy atom. The smallest absolute Gasteiger partial charge is 0.235 e. The largest absolute Gasteiger partial charge is 0.497 e. The van der Waals surface area contributed by atoms with Gasteiger partial charge in [-0.2, -0.15) is 0 Å². The van der Waals surface area contributed by atoms with Gasteiger partial charge in [-0.25, -0.2) is 0 Å². The van der Waals surface area contributed by atoms with Crippen molar-refractivity contribution in [3.63, 3.8) is 0 Å². The first-order valence-corrected chi connectivity index (χ1v) is 8.42. The number of methoxy groups -OCH3 is 1. The lowest BCUT2D eigenvalue weighted by molar-refractivity contribution is -0.118. The quantitative estimate of drug-likeness (QED) is 0.888. The molecule has 0 bridgehead atoms. The fraction of sp³-hybridized carbons (Fsp3) is 0.381. The Morgan fingerprint density at radius 2 is 1.67 bits per heavy atom. The van der Waals surface area contributed by atoms with E-state index in [4.69, 9.17) is 4.74 Å². The first kappa shape index (κ1) is 16.6. The number of benzene rings is 2. The van der Waals surface area contributed by atoms with E-state index in [9.17, 15) is 4.79 Å². The van der Waals surface area contributed by atoms with Gasteiger partial charge in [-0.3, -0.25) is 4.79 Å². The van der Waals surface area contributed by atoms with E-state index in [1.165, 1.54) is 0 Å². The van der Waals surface area contributed by atoms with Crippen LogP contribution in [0.3, 0.4) is 0 Å².